The molecule has 0 aliphatic heterocycles. The zero-order chi connectivity index (χ0) is 11.4. The highest BCUT2D eigenvalue weighted by Gasteiger charge is 2.16. The van der Waals surface area contributed by atoms with Gasteiger partial charge < -0.3 is 9.73 Å². The monoisotopic (exact) mass is 229 g/mol. The molecule has 3 nitrogen and oxygen atoms in total. The van der Waals surface area contributed by atoms with E-state index in [1.54, 1.807) is 13.0 Å². The molecule has 0 saturated heterocycles. The van der Waals surface area contributed by atoms with E-state index in [1.165, 1.54) is 6.26 Å². The lowest BCUT2D eigenvalue weighted by Gasteiger charge is -2.19. The highest BCUT2D eigenvalue weighted by molar-refractivity contribution is 6.18. The standard InChI is InChI=1S/C11H16ClNO2/c1-7(2)10(5-12)13-11(14)9-4-8(3)15-6-9/h4,6-7,10H,5H2,1-3H3,(H,13,14). The van der Waals surface area contributed by atoms with Crippen LogP contribution < -0.4 is 5.32 Å². The summed E-state index contributed by atoms with van der Waals surface area (Å²) in [5.74, 6) is 1.33. The summed E-state index contributed by atoms with van der Waals surface area (Å²) in [6.07, 6.45) is 1.45. The van der Waals surface area contributed by atoms with Crippen LogP contribution in [0.1, 0.15) is 30.0 Å². The van der Waals surface area contributed by atoms with Gasteiger partial charge in [-0.05, 0) is 18.9 Å². The summed E-state index contributed by atoms with van der Waals surface area (Å²) in [5, 5.41) is 2.86. The molecule has 1 amide bonds. The number of furan rings is 1. The van der Waals surface area contributed by atoms with E-state index in [9.17, 15) is 4.79 Å². The molecule has 1 aromatic rings. The molecular weight excluding hydrogens is 214 g/mol. The van der Waals surface area contributed by atoms with Gasteiger partial charge in [-0.1, -0.05) is 13.8 Å². The highest BCUT2D eigenvalue weighted by atomic mass is 35.5. The fraction of sp³-hybridized carbons (Fsp3) is 0.545. The van der Waals surface area contributed by atoms with E-state index >= 15 is 0 Å². The number of nitrogens with one attached hydrogen (secondary N) is 1. The lowest BCUT2D eigenvalue weighted by Crippen LogP contribution is -2.39. The minimum atomic E-state index is -0.133. The summed E-state index contributed by atoms with van der Waals surface area (Å²) in [6, 6.07) is 1.70. The zero-order valence-electron chi connectivity index (χ0n) is 9.21. The van der Waals surface area contributed by atoms with Crippen molar-refractivity contribution in [3.05, 3.63) is 23.7 Å². The van der Waals surface area contributed by atoms with E-state index in [2.05, 4.69) is 5.32 Å². The number of hydrogen-bond donors (Lipinski definition) is 1. The second-order valence-electron chi connectivity index (χ2n) is 3.92. The third kappa shape index (κ3) is 3.27. The maximum Gasteiger partial charge on any atom is 0.254 e. The topological polar surface area (TPSA) is 42.2 Å². The van der Waals surface area contributed by atoms with Crippen molar-refractivity contribution in [2.75, 3.05) is 5.88 Å². The second-order valence-corrected chi connectivity index (χ2v) is 4.23. The Morgan fingerprint density at radius 1 is 1.60 bits per heavy atom. The van der Waals surface area contributed by atoms with Crippen molar-refractivity contribution in [3.8, 4) is 0 Å². The van der Waals surface area contributed by atoms with Crippen LogP contribution in [0.4, 0.5) is 0 Å². The maximum atomic E-state index is 11.7. The van der Waals surface area contributed by atoms with Gasteiger partial charge in [0.1, 0.15) is 12.0 Å². The number of rotatable bonds is 4. The van der Waals surface area contributed by atoms with Crippen LogP contribution in [-0.2, 0) is 0 Å². The quantitative estimate of drug-likeness (QED) is 0.807. The summed E-state index contributed by atoms with van der Waals surface area (Å²) in [6.45, 7) is 5.85. The van der Waals surface area contributed by atoms with Crippen molar-refractivity contribution in [3.63, 3.8) is 0 Å². The molecule has 84 valence electrons. The fourth-order valence-corrected chi connectivity index (χ4v) is 1.63. The fourth-order valence-electron chi connectivity index (χ4n) is 1.20. The first-order chi connectivity index (χ1) is 7.04. The zero-order valence-corrected chi connectivity index (χ0v) is 9.97. The Labute approximate surface area is 94.8 Å². The molecular formula is C11H16ClNO2. The van der Waals surface area contributed by atoms with Crippen LogP contribution in [-0.4, -0.2) is 17.8 Å². The van der Waals surface area contributed by atoms with E-state index in [4.69, 9.17) is 16.0 Å². The van der Waals surface area contributed by atoms with Crippen LogP contribution >= 0.6 is 11.6 Å². The first kappa shape index (κ1) is 12.1. The minimum absolute atomic E-state index is 0.00521. The maximum absolute atomic E-state index is 11.7. The van der Waals surface area contributed by atoms with Gasteiger partial charge in [0, 0.05) is 11.9 Å². The van der Waals surface area contributed by atoms with Gasteiger partial charge in [0.15, 0.2) is 0 Å². The smallest absolute Gasteiger partial charge is 0.254 e. The van der Waals surface area contributed by atoms with Crippen LogP contribution in [0.3, 0.4) is 0 Å². The average Bonchev–Trinajstić information content (AvgIpc) is 2.60. The molecule has 0 saturated carbocycles. The van der Waals surface area contributed by atoms with Crippen molar-refractivity contribution in [1.82, 2.24) is 5.32 Å². The van der Waals surface area contributed by atoms with E-state index in [0.29, 0.717) is 17.4 Å². The van der Waals surface area contributed by atoms with Crippen molar-refractivity contribution in [2.24, 2.45) is 5.92 Å². The molecule has 1 N–H and O–H groups in total. The van der Waals surface area contributed by atoms with E-state index < -0.39 is 0 Å². The molecule has 1 aromatic heterocycles. The molecule has 0 bridgehead atoms. The summed E-state index contributed by atoms with van der Waals surface area (Å²) < 4.78 is 5.07. The lowest BCUT2D eigenvalue weighted by atomic mass is 10.1. The third-order valence-corrected chi connectivity index (χ3v) is 2.61. The Kier molecular flexibility index (Phi) is 4.21. The molecule has 1 heterocycles. The van der Waals surface area contributed by atoms with Gasteiger partial charge in [0.2, 0.25) is 0 Å². The Morgan fingerprint density at radius 2 is 2.27 bits per heavy atom. The van der Waals surface area contributed by atoms with Gasteiger partial charge in [-0.3, -0.25) is 4.79 Å². The first-order valence-corrected chi connectivity index (χ1v) is 5.50. The summed E-state index contributed by atoms with van der Waals surface area (Å²) in [7, 11) is 0. The molecule has 1 rings (SSSR count). The van der Waals surface area contributed by atoms with Gasteiger partial charge in [-0.25, -0.2) is 0 Å². The molecule has 1 atom stereocenters. The second kappa shape index (κ2) is 5.21. The molecule has 4 heteroatoms. The number of hydrogen-bond acceptors (Lipinski definition) is 2. The van der Waals surface area contributed by atoms with Crippen LogP contribution in [0.2, 0.25) is 0 Å². The summed E-state index contributed by atoms with van der Waals surface area (Å²) in [5.41, 5.74) is 0.545. The molecule has 0 aliphatic rings. The predicted molar refractivity (Wildman–Crippen MR) is 60.3 cm³/mol. The van der Waals surface area contributed by atoms with Crippen LogP contribution in [0.15, 0.2) is 16.7 Å². The van der Waals surface area contributed by atoms with Gasteiger partial charge in [-0.15, -0.1) is 11.6 Å². The third-order valence-electron chi connectivity index (χ3n) is 2.28. The van der Waals surface area contributed by atoms with E-state index in [1.807, 2.05) is 13.8 Å². The molecule has 0 aromatic carbocycles. The number of alkyl halides is 1. The van der Waals surface area contributed by atoms with E-state index in [0.717, 1.165) is 5.76 Å². The molecule has 0 radical (unpaired) electrons. The summed E-state index contributed by atoms with van der Waals surface area (Å²) >= 11 is 5.76. The predicted octanol–water partition coefficient (Wildman–Crippen LogP) is 2.58. The van der Waals surface area contributed by atoms with Crippen LogP contribution in [0.25, 0.3) is 0 Å². The minimum Gasteiger partial charge on any atom is -0.469 e. The van der Waals surface area contributed by atoms with Crippen LogP contribution in [0, 0.1) is 12.8 Å². The average molecular weight is 230 g/mol. The van der Waals surface area contributed by atoms with Crippen molar-refractivity contribution in [1.29, 1.82) is 0 Å². The Bertz CT molecular complexity index is 333. The molecule has 0 aliphatic carbocycles. The SMILES string of the molecule is Cc1cc(C(=O)NC(CCl)C(C)C)co1. The van der Waals surface area contributed by atoms with Crippen molar-refractivity contribution in [2.45, 2.75) is 26.8 Å². The number of halogens is 1. The molecule has 15 heavy (non-hydrogen) atoms. The Morgan fingerprint density at radius 3 is 2.67 bits per heavy atom. The van der Waals surface area contributed by atoms with E-state index in [-0.39, 0.29) is 11.9 Å². The number of amides is 1. The first-order valence-electron chi connectivity index (χ1n) is 4.96. The molecule has 0 spiro atoms. The van der Waals surface area contributed by atoms with Gasteiger partial charge in [0.25, 0.3) is 5.91 Å². The number of aryl methyl sites for hydroxylation is 1. The Hall–Kier alpha value is -0.960. The number of carbonyl (C=O) groups excluding carboxylic acids is 1. The number of carbonyl (C=O) groups is 1. The largest absolute Gasteiger partial charge is 0.469 e. The van der Waals surface area contributed by atoms with Gasteiger partial charge in [-0.2, -0.15) is 0 Å². The normalized spacial score (nSPS) is 12.9. The lowest BCUT2D eigenvalue weighted by molar-refractivity contribution is 0.0930. The molecule has 1 unspecified atom stereocenters. The van der Waals surface area contributed by atoms with Gasteiger partial charge >= 0.3 is 0 Å². The van der Waals surface area contributed by atoms with Crippen molar-refractivity contribution >= 4 is 17.5 Å². The molecule has 0 fully saturated rings. The summed E-state index contributed by atoms with van der Waals surface area (Å²) in [4.78, 5) is 11.7. The van der Waals surface area contributed by atoms with Gasteiger partial charge in [0.05, 0.1) is 5.56 Å². The highest BCUT2D eigenvalue weighted by Crippen LogP contribution is 2.09. The van der Waals surface area contributed by atoms with Crippen LogP contribution in [0.5, 0.6) is 0 Å². The Balaban J connectivity index is 2.62. The van der Waals surface area contributed by atoms with Crippen molar-refractivity contribution < 1.29 is 9.21 Å².